The van der Waals surface area contributed by atoms with E-state index in [1.54, 1.807) is 0 Å². The molecule has 0 aromatic carbocycles. The number of nitrogens with one attached hydrogen (secondary N) is 1. The Morgan fingerprint density at radius 1 is 1.36 bits per heavy atom. The third-order valence-electron chi connectivity index (χ3n) is 3.47. The molecule has 1 unspecified atom stereocenters. The SMILES string of the molecule is CCC(C)CN1CCC(CNC)CC1. The zero-order chi connectivity index (χ0) is 10.4. The molecule has 14 heavy (non-hydrogen) atoms. The molecule has 2 heteroatoms. The Morgan fingerprint density at radius 2 is 2.00 bits per heavy atom. The van der Waals surface area contributed by atoms with E-state index in [-0.39, 0.29) is 0 Å². The van der Waals surface area contributed by atoms with E-state index in [1.807, 2.05) is 0 Å². The topological polar surface area (TPSA) is 15.3 Å². The summed E-state index contributed by atoms with van der Waals surface area (Å²) in [6.07, 6.45) is 4.09. The molecule has 1 saturated heterocycles. The molecule has 0 spiro atoms. The Morgan fingerprint density at radius 3 is 2.50 bits per heavy atom. The lowest BCUT2D eigenvalue weighted by molar-refractivity contribution is 0.162. The lowest BCUT2D eigenvalue weighted by atomic mass is 9.96. The lowest BCUT2D eigenvalue weighted by Gasteiger charge is -2.33. The molecule has 1 fully saturated rings. The van der Waals surface area contributed by atoms with Crippen LogP contribution in [0.5, 0.6) is 0 Å². The van der Waals surface area contributed by atoms with E-state index in [0.717, 1.165) is 11.8 Å². The second-order valence-electron chi connectivity index (χ2n) is 4.82. The van der Waals surface area contributed by atoms with Crippen LogP contribution in [0.25, 0.3) is 0 Å². The first kappa shape index (κ1) is 12.0. The van der Waals surface area contributed by atoms with Crippen LogP contribution in [0, 0.1) is 11.8 Å². The Kier molecular flexibility index (Phi) is 5.49. The van der Waals surface area contributed by atoms with Crippen molar-refractivity contribution < 1.29 is 0 Å². The Balaban J connectivity index is 2.15. The number of likely N-dealkylation sites (tertiary alicyclic amines) is 1. The minimum Gasteiger partial charge on any atom is -0.319 e. The lowest BCUT2D eigenvalue weighted by Crippen LogP contribution is -2.38. The maximum atomic E-state index is 3.29. The molecule has 0 radical (unpaired) electrons. The summed E-state index contributed by atoms with van der Waals surface area (Å²) in [5.74, 6) is 1.80. The number of nitrogens with zero attached hydrogens (tertiary/aromatic N) is 1. The van der Waals surface area contributed by atoms with Gasteiger partial charge in [-0.15, -0.1) is 0 Å². The monoisotopic (exact) mass is 198 g/mol. The van der Waals surface area contributed by atoms with Crippen molar-refractivity contribution in [3.63, 3.8) is 0 Å². The average Bonchev–Trinajstić information content (AvgIpc) is 2.21. The third kappa shape index (κ3) is 3.97. The molecule has 0 aromatic rings. The summed E-state index contributed by atoms with van der Waals surface area (Å²) in [7, 11) is 2.06. The van der Waals surface area contributed by atoms with Gasteiger partial charge in [-0.2, -0.15) is 0 Å². The normalized spacial score (nSPS) is 22.5. The number of hydrogen-bond donors (Lipinski definition) is 1. The highest BCUT2D eigenvalue weighted by atomic mass is 15.1. The fourth-order valence-electron chi connectivity index (χ4n) is 2.23. The summed E-state index contributed by atoms with van der Waals surface area (Å²) in [6.45, 7) is 9.80. The number of rotatable bonds is 5. The molecule has 0 amide bonds. The molecule has 1 aliphatic rings. The van der Waals surface area contributed by atoms with Crippen LogP contribution in [0.1, 0.15) is 33.1 Å². The minimum absolute atomic E-state index is 0.871. The van der Waals surface area contributed by atoms with Gasteiger partial charge in [-0.25, -0.2) is 0 Å². The van der Waals surface area contributed by atoms with E-state index in [1.165, 1.54) is 45.4 Å². The van der Waals surface area contributed by atoms with E-state index < -0.39 is 0 Å². The van der Waals surface area contributed by atoms with Crippen molar-refractivity contribution in [2.45, 2.75) is 33.1 Å². The second kappa shape index (κ2) is 6.41. The highest BCUT2D eigenvalue weighted by Gasteiger charge is 2.19. The molecule has 1 rings (SSSR count). The minimum atomic E-state index is 0.871. The number of piperidine rings is 1. The van der Waals surface area contributed by atoms with Crippen LogP contribution in [-0.2, 0) is 0 Å². The zero-order valence-corrected chi connectivity index (χ0v) is 10.1. The second-order valence-corrected chi connectivity index (χ2v) is 4.82. The molecular weight excluding hydrogens is 172 g/mol. The summed E-state index contributed by atoms with van der Waals surface area (Å²) in [4.78, 5) is 2.64. The fourth-order valence-corrected chi connectivity index (χ4v) is 2.23. The zero-order valence-electron chi connectivity index (χ0n) is 10.1. The van der Waals surface area contributed by atoms with Gasteiger partial charge in [-0.1, -0.05) is 20.3 Å². The van der Waals surface area contributed by atoms with Crippen LogP contribution in [0.3, 0.4) is 0 Å². The maximum absolute atomic E-state index is 3.29. The van der Waals surface area contributed by atoms with Crippen molar-refractivity contribution in [3.05, 3.63) is 0 Å². The van der Waals surface area contributed by atoms with Crippen LogP contribution in [0.4, 0.5) is 0 Å². The first-order valence-electron chi connectivity index (χ1n) is 6.13. The van der Waals surface area contributed by atoms with E-state index in [9.17, 15) is 0 Å². The summed E-state index contributed by atoms with van der Waals surface area (Å²) < 4.78 is 0. The van der Waals surface area contributed by atoms with Gasteiger partial charge in [0.2, 0.25) is 0 Å². The van der Waals surface area contributed by atoms with Gasteiger partial charge in [-0.3, -0.25) is 0 Å². The molecule has 0 bridgehead atoms. The maximum Gasteiger partial charge on any atom is 0.000692 e. The fraction of sp³-hybridized carbons (Fsp3) is 1.00. The molecule has 1 aliphatic heterocycles. The third-order valence-corrected chi connectivity index (χ3v) is 3.47. The summed E-state index contributed by atoms with van der Waals surface area (Å²) in [5.41, 5.74) is 0. The Labute approximate surface area is 89.1 Å². The number of hydrogen-bond acceptors (Lipinski definition) is 2. The van der Waals surface area contributed by atoms with Crippen molar-refractivity contribution in [1.82, 2.24) is 10.2 Å². The Bertz CT molecular complexity index is 139. The van der Waals surface area contributed by atoms with E-state index in [4.69, 9.17) is 0 Å². The highest BCUT2D eigenvalue weighted by Crippen LogP contribution is 2.17. The first-order chi connectivity index (χ1) is 6.76. The average molecular weight is 198 g/mol. The highest BCUT2D eigenvalue weighted by molar-refractivity contribution is 4.74. The van der Waals surface area contributed by atoms with Gasteiger partial charge in [0.1, 0.15) is 0 Å². The van der Waals surface area contributed by atoms with Gasteiger partial charge in [-0.05, 0) is 51.4 Å². The van der Waals surface area contributed by atoms with E-state index >= 15 is 0 Å². The van der Waals surface area contributed by atoms with Crippen molar-refractivity contribution >= 4 is 0 Å². The molecule has 1 N–H and O–H groups in total. The summed E-state index contributed by atoms with van der Waals surface area (Å²) in [5, 5.41) is 3.29. The molecule has 0 saturated carbocycles. The summed E-state index contributed by atoms with van der Waals surface area (Å²) >= 11 is 0. The van der Waals surface area contributed by atoms with Crippen molar-refractivity contribution in [2.24, 2.45) is 11.8 Å². The smallest absolute Gasteiger partial charge is 0.000692 e. The summed E-state index contributed by atoms with van der Waals surface area (Å²) in [6, 6.07) is 0. The molecule has 1 atom stereocenters. The predicted octanol–water partition coefficient (Wildman–Crippen LogP) is 1.96. The van der Waals surface area contributed by atoms with Crippen LogP contribution >= 0.6 is 0 Å². The van der Waals surface area contributed by atoms with E-state index in [2.05, 4.69) is 31.1 Å². The molecule has 0 aromatic heterocycles. The van der Waals surface area contributed by atoms with Crippen LogP contribution in [0.2, 0.25) is 0 Å². The van der Waals surface area contributed by atoms with Gasteiger partial charge in [0.15, 0.2) is 0 Å². The molecular formula is C12H26N2. The van der Waals surface area contributed by atoms with Crippen LogP contribution in [0.15, 0.2) is 0 Å². The van der Waals surface area contributed by atoms with Gasteiger partial charge >= 0.3 is 0 Å². The van der Waals surface area contributed by atoms with Crippen LogP contribution in [-0.4, -0.2) is 38.1 Å². The van der Waals surface area contributed by atoms with Gasteiger partial charge in [0.25, 0.3) is 0 Å². The van der Waals surface area contributed by atoms with Gasteiger partial charge in [0, 0.05) is 6.54 Å². The largest absolute Gasteiger partial charge is 0.319 e. The molecule has 84 valence electrons. The van der Waals surface area contributed by atoms with Crippen molar-refractivity contribution in [1.29, 1.82) is 0 Å². The molecule has 2 nitrogen and oxygen atoms in total. The first-order valence-corrected chi connectivity index (χ1v) is 6.13. The predicted molar refractivity (Wildman–Crippen MR) is 62.5 cm³/mol. The quantitative estimate of drug-likeness (QED) is 0.726. The standard InChI is InChI=1S/C12H26N2/c1-4-11(2)10-14-7-5-12(6-8-14)9-13-3/h11-13H,4-10H2,1-3H3. The van der Waals surface area contributed by atoms with E-state index in [0.29, 0.717) is 0 Å². The van der Waals surface area contributed by atoms with Crippen molar-refractivity contribution in [2.75, 3.05) is 33.2 Å². The molecule has 1 heterocycles. The van der Waals surface area contributed by atoms with Gasteiger partial charge in [0.05, 0.1) is 0 Å². The molecule has 0 aliphatic carbocycles. The van der Waals surface area contributed by atoms with Gasteiger partial charge < -0.3 is 10.2 Å². The Hall–Kier alpha value is -0.0800. The van der Waals surface area contributed by atoms with Crippen LogP contribution < -0.4 is 5.32 Å². The van der Waals surface area contributed by atoms with Crippen molar-refractivity contribution in [3.8, 4) is 0 Å².